The van der Waals surface area contributed by atoms with E-state index in [1.165, 1.54) is 12.1 Å². The summed E-state index contributed by atoms with van der Waals surface area (Å²) in [5.74, 6) is -0.607. The van der Waals surface area contributed by atoms with Crippen LogP contribution in [-0.2, 0) is 4.79 Å². The average Bonchev–Trinajstić information content (AvgIpc) is 2.66. The minimum atomic E-state index is -0.702. The van der Waals surface area contributed by atoms with Crippen LogP contribution in [0, 0.1) is 24.0 Å². The van der Waals surface area contributed by atoms with Crippen LogP contribution in [0.15, 0.2) is 36.4 Å². The van der Waals surface area contributed by atoms with Gasteiger partial charge in [-0.1, -0.05) is 18.2 Å². The highest BCUT2D eigenvalue weighted by molar-refractivity contribution is 5.96. The number of hydrogen-bond donors (Lipinski definition) is 2. The molecule has 0 fully saturated rings. The maximum atomic E-state index is 12.1. The number of nitrogens with zero attached hydrogens (tertiary/aromatic N) is 1. The molecule has 2 aromatic carbocycles. The quantitative estimate of drug-likeness (QED) is 0.556. The van der Waals surface area contributed by atoms with Gasteiger partial charge in [0.15, 0.2) is 12.4 Å². The number of rotatable bonds is 7. The van der Waals surface area contributed by atoms with Crippen molar-refractivity contribution in [2.45, 2.75) is 20.8 Å². The lowest BCUT2D eigenvalue weighted by molar-refractivity contribution is -0.385. The van der Waals surface area contributed by atoms with Gasteiger partial charge in [-0.3, -0.25) is 30.6 Å². The maximum Gasteiger partial charge on any atom is 0.311 e. The van der Waals surface area contributed by atoms with Crippen LogP contribution in [0.4, 0.5) is 5.69 Å². The molecule has 148 valence electrons. The van der Waals surface area contributed by atoms with Crippen LogP contribution < -0.4 is 20.3 Å². The second-order valence-electron chi connectivity index (χ2n) is 5.88. The Morgan fingerprint density at radius 1 is 1.07 bits per heavy atom. The van der Waals surface area contributed by atoms with E-state index in [1.807, 2.05) is 32.0 Å². The molecule has 9 heteroatoms. The number of nitrogens with one attached hydrogen (secondary N) is 2. The molecule has 0 atom stereocenters. The fraction of sp³-hybridized carbons (Fsp3) is 0.263. The van der Waals surface area contributed by atoms with Gasteiger partial charge in [0.05, 0.1) is 11.5 Å². The molecule has 2 rings (SSSR count). The molecule has 0 radical (unpaired) electrons. The Labute approximate surface area is 161 Å². The SMILES string of the molecule is CCOc1ccc(C(=O)NNC(=O)COc2c(C)cccc2C)cc1[N+](=O)[O-]. The predicted molar refractivity (Wildman–Crippen MR) is 101 cm³/mol. The first-order valence-corrected chi connectivity index (χ1v) is 8.53. The summed E-state index contributed by atoms with van der Waals surface area (Å²) >= 11 is 0. The molecule has 0 heterocycles. The smallest absolute Gasteiger partial charge is 0.311 e. The van der Waals surface area contributed by atoms with Gasteiger partial charge in [-0.05, 0) is 44.0 Å². The normalized spacial score (nSPS) is 10.1. The van der Waals surface area contributed by atoms with Crippen molar-refractivity contribution in [3.63, 3.8) is 0 Å². The molecule has 0 bridgehead atoms. The van der Waals surface area contributed by atoms with Gasteiger partial charge in [-0.15, -0.1) is 0 Å². The Balaban J connectivity index is 1.95. The van der Waals surface area contributed by atoms with Crippen LogP contribution in [-0.4, -0.2) is 30.0 Å². The summed E-state index contributed by atoms with van der Waals surface area (Å²) in [6.07, 6.45) is 0. The number of nitro benzene ring substituents is 1. The predicted octanol–water partition coefficient (Wildman–Crippen LogP) is 2.45. The summed E-state index contributed by atoms with van der Waals surface area (Å²) in [6.45, 7) is 5.38. The van der Waals surface area contributed by atoms with Crippen molar-refractivity contribution in [2.75, 3.05) is 13.2 Å². The van der Waals surface area contributed by atoms with E-state index in [9.17, 15) is 19.7 Å². The first-order chi connectivity index (χ1) is 13.3. The summed E-state index contributed by atoms with van der Waals surface area (Å²) in [5.41, 5.74) is 5.86. The summed E-state index contributed by atoms with van der Waals surface area (Å²) in [6, 6.07) is 9.39. The maximum absolute atomic E-state index is 12.1. The van der Waals surface area contributed by atoms with Crippen molar-refractivity contribution in [1.82, 2.24) is 10.9 Å². The number of para-hydroxylation sites is 1. The zero-order valence-electron chi connectivity index (χ0n) is 15.8. The Morgan fingerprint density at radius 3 is 2.36 bits per heavy atom. The zero-order chi connectivity index (χ0) is 20.7. The molecule has 0 aliphatic heterocycles. The molecule has 0 saturated heterocycles. The monoisotopic (exact) mass is 387 g/mol. The number of ether oxygens (including phenoxy) is 2. The van der Waals surface area contributed by atoms with Crippen LogP contribution >= 0.6 is 0 Å². The van der Waals surface area contributed by atoms with Crippen LogP contribution in [0.1, 0.15) is 28.4 Å². The van der Waals surface area contributed by atoms with Gasteiger partial charge in [0, 0.05) is 11.6 Å². The van der Waals surface area contributed by atoms with E-state index in [4.69, 9.17) is 9.47 Å². The Morgan fingerprint density at radius 2 is 1.75 bits per heavy atom. The third-order valence-corrected chi connectivity index (χ3v) is 3.79. The molecule has 9 nitrogen and oxygen atoms in total. The van der Waals surface area contributed by atoms with Gasteiger partial charge < -0.3 is 9.47 Å². The second-order valence-corrected chi connectivity index (χ2v) is 5.88. The van der Waals surface area contributed by atoms with Crippen molar-refractivity contribution in [3.8, 4) is 11.5 Å². The molecular formula is C19H21N3O6. The molecule has 0 spiro atoms. The first kappa shape index (κ1) is 20.7. The van der Waals surface area contributed by atoms with Gasteiger partial charge in [-0.2, -0.15) is 0 Å². The Kier molecular flexibility index (Phi) is 6.91. The molecule has 2 N–H and O–H groups in total. The second kappa shape index (κ2) is 9.36. The molecule has 0 aliphatic rings. The average molecular weight is 387 g/mol. The standard InChI is InChI=1S/C19H21N3O6/c1-4-27-16-9-8-14(10-15(16)22(25)26)19(24)21-20-17(23)11-28-18-12(2)6-5-7-13(18)3/h5-10H,4,11H2,1-3H3,(H,20,23)(H,21,24). The number of hydrogen-bond acceptors (Lipinski definition) is 6. The lowest BCUT2D eigenvalue weighted by Crippen LogP contribution is -2.43. The molecule has 0 unspecified atom stereocenters. The molecule has 2 amide bonds. The molecule has 2 aromatic rings. The van der Waals surface area contributed by atoms with Crippen molar-refractivity contribution in [3.05, 3.63) is 63.2 Å². The lowest BCUT2D eigenvalue weighted by Gasteiger charge is -2.12. The highest BCUT2D eigenvalue weighted by Crippen LogP contribution is 2.28. The van der Waals surface area contributed by atoms with Crippen LogP contribution in [0.3, 0.4) is 0 Å². The van der Waals surface area contributed by atoms with E-state index in [-0.39, 0.29) is 30.2 Å². The Bertz CT molecular complexity index is 877. The van der Waals surface area contributed by atoms with Crippen molar-refractivity contribution < 1.29 is 24.0 Å². The van der Waals surface area contributed by atoms with E-state index in [2.05, 4.69) is 10.9 Å². The van der Waals surface area contributed by atoms with Gasteiger partial charge in [0.1, 0.15) is 5.75 Å². The van der Waals surface area contributed by atoms with Gasteiger partial charge in [0.2, 0.25) is 0 Å². The number of hydrazine groups is 1. The van der Waals surface area contributed by atoms with E-state index in [0.29, 0.717) is 5.75 Å². The first-order valence-electron chi connectivity index (χ1n) is 8.53. The third-order valence-electron chi connectivity index (χ3n) is 3.79. The number of nitro groups is 1. The van der Waals surface area contributed by atoms with Crippen molar-refractivity contribution in [2.24, 2.45) is 0 Å². The number of carbonyl (C=O) groups excluding carboxylic acids is 2. The molecule has 0 saturated carbocycles. The highest BCUT2D eigenvalue weighted by Gasteiger charge is 2.19. The lowest BCUT2D eigenvalue weighted by atomic mass is 10.1. The third kappa shape index (κ3) is 5.19. The van der Waals surface area contributed by atoms with E-state index < -0.39 is 16.7 Å². The van der Waals surface area contributed by atoms with E-state index in [1.54, 1.807) is 6.92 Å². The largest absolute Gasteiger partial charge is 0.487 e. The Hall–Kier alpha value is -3.62. The summed E-state index contributed by atoms with van der Waals surface area (Å²) in [4.78, 5) is 34.5. The number of aryl methyl sites for hydroxylation is 2. The summed E-state index contributed by atoms with van der Waals surface area (Å²) < 4.78 is 10.7. The van der Waals surface area contributed by atoms with Crippen molar-refractivity contribution in [1.29, 1.82) is 0 Å². The minimum Gasteiger partial charge on any atom is -0.487 e. The molecular weight excluding hydrogens is 366 g/mol. The van der Waals surface area contributed by atoms with Gasteiger partial charge in [-0.25, -0.2) is 0 Å². The van der Waals surface area contributed by atoms with E-state index in [0.717, 1.165) is 17.2 Å². The van der Waals surface area contributed by atoms with Crippen LogP contribution in [0.5, 0.6) is 11.5 Å². The molecule has 28 heavy (non-hydrogen) atoms. The van der Waals surface area contributed by atoms with Crippen LogP contribution in [0.25, 0.3) is 0 Å². The van der Waals surface area contributed by atoms with Gasteiger partial charge >= 0.3 is 5.69 Å². The zero-order valence-corrected chi connectivity index (χ0v) is 15.8. The summed E-state index contributed by atoms with van der Waals surface area (Å²) in [7, 11) is 0. The van der Waals surface area contributed by atoms with E-state index >= 15 is 0 Å². The molecule has 0 aliphatic carbocycles. The fourth-order valence-corrected chi connectivity index (χ4v) is 2.48. The summed E-state index contributed by atoms with van der Waals surface area (Å²) in [5, 5.41) is 11.1. The minimum absolute atomic E-state index is 0.00567. The fourth-order valence-electron chi connectivity index (χ4n) is 2.48. The highest BCUT2D eigenvalue weighted by atomic mass is 16.6. The van der Waals surface area contributed by atoms with Gasteiger partial charge in [0.25, 0.3) is 11.8 Å². The van der Waals surface area contributed by atoms with Crippen molar-refractivity contribution >= 4 is 17.5 Å². The topological polar surface area (TPSA) is 120 Å². The molecule has 0 aromatic heterocycles. The number of amides is 2. The number of carbonyl (C=O) groups is 2. The van der Waals surface area contributed by atoms with Crippen LogP contribution in [0.2, 0.25) is 0 Å². The number of benzene rings is 2.